The molecule has 0 radical (unpaired) electrons. The minimum Gasteiger partial charge on any atom is -0.385 e. The molecule has 1 aliphatic heterocycles. The van der Waals surface area contributed by atoms with Gasteiger partial charge < -0.3 is 15.5 Å². The number of piperidine rings is 1. The lowest BCUT2D eigenvalue weighted by molar-refractivity contribution is 0.208. The van der Waals surface area contributed by atoms with E-state index >= 15 is 0 Å². The monoisotopic (exact) mass is 430 g/mol. The second-order valence-electron chi connectivity index (χ2n) is 6.47. The van der Waals surface area contributed by atoms with Crippen LogP contribution in [0, 0.1) is 11.8 Å². The SMILES string of the molecule is CN=C(NCCCNc1ccccc1)N1CC(C)CC(C)C1.I. The third-order valence-electron chi connectivity index (χ3n) is 4.12. The Kier molecular flexibility index (Phi) is 9.36. The van der Waals surface area contributed by atoms with Crippen LogP contribution in [0.25, 0.3) is 0 Å². The van der Waals surface area contributed by atoms with Crippen molar-refractivity contribution >= 4 is 35.6 Å². The Bertz CT molecular complexity index is 453. The molecule has 2 unspecified atom stereocenters. The molecule has 0 spiro atoms. The summed E-state index contributed by atoms with van der Waals surface area (Å²) in [6.45, 7) is 8.82. The molecule has 130 valence electrons. The average molecular weight is 430 g/mol. The lowest BCUT2D eigenvalue weighted by Gasteiger charge is -2.37. The van der Waals surface area contributed by atoms with Crippen molar-refractivity contribution in [1.29, 1.82) is 0 Å². The fraction of sp³-hybridized carbons (Fsp3) is 0.611. The van der Waals surface area contributed by atoms with Crippen LogP contribution in [0.3, 0.4) is 0 Å². The molecule has 0 saturated carbocycles. The van der Waals surface area contributed by atoms with Crippen LogP contribution >= 0.6 is 24.0 Å². The van der Waals surface area contributed by atoms with E-state index in [1.165, 1.54) is 12.1 Å². The highest BCUT2D eigenvalue weighted by Crippen LogP contribution is 2.20. The van der Waals surface area contributed by atoms with Gasteiger partial charge in [-0.15, -0.1) is 24.0 Å². The molecule has 4 nitrogen and oxygen atoms in total. The number of hydrogen-bond acceptors (Lipinski definition) is 2. The molecule has 1 aliphatic rings. The number of rotatable bonds is 5. The van der Waals surface area contributed by atoms with Gasteiger partial charge in [0.15, 0.2) is 5.96 Å². The summed E-state index contributed by atoms with van der Waals surface area (Å²) in [6, 6.07) is 10.4. The van der Waals surface area contributed by atoms with Gasteiger partial charge in [0.25, 0.3) is 0 Å². The highest BCUT2D eigenvalue weighted by molar-refractivity contribution is 14.0. The van der Waals surface area contributed by atoms with Crippen molar-refractivity contribution in [2.24, 2.45) is 16.8 Å². The predicted molar refractivity (Wildman–Crippen MR) is 111 cm³/mol. The summed E-state index contributed by atoms with van der Waals surface area (Å²) < 4.78 is 0. The highest BCUT2D eigenvalue weighted by atomic mass is 127. The standard InChI is InChI=1S/C18H30N4.HI/c1-15-12-16(2)14-22(13-15)18(19-3)21-11-7-10-20-17-8-5-4-6-9-17;/h4-6,8-9,15-16,20H,7,10-14H2,1-3H3,(H,19,21);1H. The summed E-state index contributed by atoms with van der Waals surface area (Å²) in [5.74, 6) is 2.56. The minimum atomic E-state index is 0. The van der Waals surface area contributed by atoms with Crippen molar-refractivity contribution in [1.82, 2.24) is 10.2 Å². The van der Waals surface area contributed by atoms with E-state index in [9.17, 15) is 0 Å². The predicted octanol–water partition coefficient (Wildman–Crippen LogP) is 3.66. The van der Waals surface area contributed by atoms with Crippen molar-refractivity contribution in [3.05, 3.63) is 30.3 Å². The third-order valence-corrected chi connectivity index (χ3v) is 4.12. The molecular formula is C18H31IN4. The molecule has 23 heavy (non-hydrogen) atoms. The van der Waals surface area contributed by atoms with E-state index in [1.807, 2.05) is 13.1 Å². The smallest absolute Gasteiger partial charge is 0.193 e. The largest absolute Gasteiger partial charge is 0.385 e. The molecule has 1 fully saturated rings. The number of para-hydroxylation sites is 1. The third kappa shape index (κ3) is 6.97. The van der Waals surface area contributed by atoms with Gasteiger partial charge in [0.1, 0.15) is 0 Å². The number of hydrogen-bond donors (Lipinski definition) is 2. The maximum atomic E-state index is 4.45. The van der Waals surface area contributed by atoms with Gasteiger partial charge in [0.2, 0.25) is 0 Å². The quantitative estimate of drug-likeness (QED) is 0.324. The van der Waals surface area contributed by atoms with Crippen molar-refractivity contribution < 1.29 is 0 Å². The van der Waals surface area contributed by atoms with Gasteiger partial charge in [-0.05, 0) is 36.8 Å². The van der Waals surface area contributed by atoms with Gasteiger partial charge in [-0.25, -0.2) is 0 Å². The van der Waals surface area contributed by atoms with E-state index in [-0.39, 0.29) is 24.0 Å². The number of likely N-dealkylation sites (tertiary alicyclic amines) is 1. The Morgan fingerprint density at radius 2 is 1.78 bits per heavy atom. The molecule has 2 atom stereocenters. The molecule has 1 aromatic carbocycles. The molecule has 1 heterocycles. The highest BCUT2D eigenvalue weighted by Gasteiger charge is 2.23. The van der Waals surface area contributed by atoms with Crippen molar-refractivity contribution in [2.45, 2.75) is 26.7 Å². The number of halogens is 1. The zero-order chi connectivity index (χ0) is 15.8. The second kappa shape index (κ2) is 10.7. The number of anilines is 1. The van der Waals surface area contributed by atoms with Crippen LogP contribution in [0.1, 0.15) is 26.7 Å². The zero-order valence-corrected chi connectivity index (χ0v) is 16.9. The van der Waals surface area contributed by atoms with E-state index in [0.29, 0.717) is 0 Å². The van der Waals surface area contributed by atoms with Crippen LogP contribution in [-0.2, 0) is 0 Å². The van der Waals surface area contributed by atoms with E-state index in [1.54, 1.807) is 0 Å². The van der Waals surface area contributed by atoms with Crippen LogP contribution < -0.4 is 10.6 Å². The van der Waals surface area contributed by atoms with Crippen molar-refractivity contribution in [3.63, 3.8) is 0 Å². The Labute approximate surface area is 158 Å². The van der Waals surface area contributed by atoms with Crippen molar-refractivity contribution in [2.75, 3.05) is 38.5 Å². The molecule has 1 saturated heterocycles. The fourth-order valence-electron chi connectivity index (χ4n) is 3.25. The first-order valence-electron chi connectivity index (χ1n) is 8.43. The Hall–Kier alpha value is -0.980. The van der Waals surface area contributed by atoms with Crippen LogP contribution in [-0.4, -0.2) is 44.1 Å². The number of aliphatic imine (C=N–C) groups is 1. The van der Waals surface area contributed by atoms with E-state index in [4.69, 9.17) is 0 Å². The molecule has 0 aromatic heterocycles. The van der Waals surface area contributed by atoms with Gasteiger partial charge in [-0.3, -0.25) is 4.99 Å². The van der Waals surface area contributed by atoms with Crippen molar-refractivity contribution in [3.8, 4) is 0 Å². The topological polar surface area (TPSA) is 39.7 Å². The first-order chi connectivity index (χ1) is 10.7. The number of nitrogens with zero attached hydrogens (tertiary/aromatic N) is 2. The Morgan fingerprint density at radius 1 is 1.13 bits per heavy atom. The molecular weight excluding hydrogens is 399 g/mol. The molecule has 1 aromatic rings. The zero-order valence-electron chi connectivity index (χ0n) is 14.6. The maximum Gasteiger partial charge on any atom is 0.193 e. The Balaban J connectivity index is 0.00000264. The van der Waals surface area contributed by atoms with Crippen LogP contribution in [0.2, 0.25) is 0 Å². The van der Waals surface area contributed by atoms with Gasteiger partial charge in [0.05, 0.1) is 0 Å². The van der Waals surface area contributed by atoms with E-state index in [2.05, 4.69) is 58.6 Å². The normalized spacial score (nSPS) is 21.5. The lowest BCUT2D eigenvalue weighted by Crippen LogP contribution is -2.48. The molecule has 5 heteroatoms. The Morgan fingerprint density at radius 3 is 2.39 bits per heavy atom. The van der Waals surface area contributed by atoms with Gasteiger partial charge in [-0.1, -0.05) is 32.0 Å². The maximum absolute atomic E-state index is 4.45. The molecule has 0 amide bonds. The average Bonchev–Trinajstić information content (AvgIpc) is 2.51. The minimum absolute atomic E-state index is 0. The number of benzene rings is 1. The van der Waals surface area contributed by atoms with Crippen LogP contribution in [0.5, 0.6) is 0 Å². The lowest BCUT2D eigenvalue weighted by atomic mass is 9.92. The molecule has 0 aliphatic carbocycles. The first-order valence-corrected chi connectivity index (χ1v) is 8.43. The van der Waals surface area contributed by atoms with Gasteiger partial charge in [-0.2, -0.15) is 0 Å². The molecule has 0 bridgehead atoms. The van der Waals surface area contributed by atoms with Gasteiger partial charge >= 0.3 is 0 Å². The fourth-order valence-corrected chi connectivity index (χ4v) is 3.25. The summed E-state index contributed by atoms with van der Waals surface area (Å²) in [5.41, 5.74) is 1.19. The van der Waals surface area contributed by atoms with Crippen LogP contribution in [0.4, 0.5) is 5.69 Å². The summed E-state index contributed by atoms with van der Waals surface area (Å²) in [5, 5.41) is 6.94. The summed E-state index contributed by atoms with van der Waals surface area (Å²) in [6.07, 6.45) is 2.40. The number of guanidine groups is 1. The summed E-state index contributed by atoms with van der Waals surface area (Å²) in [4.78, 5) is 6.85. The second-order valence-corrected chi connectivity index (χ2v) is 6.47. The molecule has 2 N–H and O–H groups in total. The molecule has 2 rings (SSSR count). The van der Waals surface area contributed by atoms with Gasteiger partial charge in [0, 0.05) is 38.9 Å². The first kappa shape index (κ1) is 20.1. The van der Waals surface area contributed by atoms with Crippen LogP contribution in [0.15, 0.2) is 35.3 Å². The summed E-state index contributed by atoms with van der Waals surface area (Å²) in [7, 11) is 1.88. The van der Waals surface area contributed by atoms with E-state index < -0.39 is 0 Å². The summed E-state index contributed by atoms with van der Waals surface area (Å²) >= 11 is 0. The number of nitrogens with one attached hydrogen (secondary N) is 2. The van der Waals surface area contributed by atoms with E-state index in [0.717, 1.165) is 50.4 Å².